The molecule has 1 aliphatic rings. The van der Waals surface area contributed by atoms with Crippen LogP contribution in [0.25, 0.3) is 0 Å². The summed E-state index contributed by atoms with van der Waals surface area (Å²) in [4.78, 5) is 34.0. The van der Waals surface area contributed by atoms with E-state index < -0.39 is 0 Å². The average Bonchev–Trinajstić information content (AvgIpc) is 2.84. The molecule has 0 spiro atoms. The average molecular weight is 336 g/mol. The Hall–Kier alpha value is -1.89. The topological polar surface area (TPSA) is 69.9 Å². The van der Waals surface area contributed by atoms with Crippen LogP contribution in [0.1, 0.15) is 36.6 Å². The van der Waals surface area contributed by atoms with E-state index in [4.69, 9.17) is 4.42 Å². The molecule has 0 N–H and O–H groups in total. The number of aryl methyl sites for hydroxylation is 2. The molecule has 0 bridgehead atoms. The number of hydrogen-bond acceptors (Lipinski definition) is 5. The Morgan fingerprint density at radius 2 is 2.04 bits per heavy atom. The molecule has 2 rings (SSSR count). The number of aromatic nitrogens is 1. The van der Waals surface area contributed by atoms with Gasteiger partial charge in [0.15, 0.2) is 5.89 Å². The summed E-state index contributed by atoms with van der Waals surface area (Å²) in [5, 5.41) is 0. The third-order valence-corrected chi connectivity index (χ3v) is 4.62. The van der Waals surface area contributed by atoms with E-state index in [0.29, 0.717) is 25.4 Å². The third kappa shape index (κ3) is 4.35. The zero-order valence-corrected chi connectivity index (χ0v) is 15.3. The number of amides is 2. The smallest absolute Gasteiger partial charge is 0.245 e. The molecule has 1 unspecified atom stereocenters. The van der Waals surface area contributed by atoms with Gasteiger partial charge in [-0.05, 0) is 26.8 Å². The highest BCUT2D eigenvalue weighted by Gasteiger charge is 2.32. The Morgan fingerprint density at radius 1 is 1.33 bits per heavy atom. The van der Waals surface area contributed by atoms with Crippen molar-refractivity contribution in [3.8, 4) is 0 Å². The molecule has 1 aliphatic heterocycles. The lowest BCUT2D eigenvalue weighted by atomic mass is 10.0. The van der Waals surface area contributed by atoms with E-state index in [1.165, 1.54) is 0 Å². The molecule has 1 aromatic rings. The van der Waals surface area contributed by atoms with Crippen LogP contribution in [0.15, 0.2) is 4.42 Å². The molecule has 0 aromatic carbocycles. The largest absolute Gasteiger partial charge is 0.444 e. The quantitative estimate of drug-likeness (QED) is 0.780. The first-order chi connectivity index (χ1) is 11.3. The van der Waals surface area contributed by atoms with Gasteiger partial charge in [-0.1, -0.05) is 0 Å². The Kier molecular flexibility index (Phi) is 5.99. The van der Waals surface area contributed by atoms with Crippen molar-refractivity contribution in [1.29, 1.82) is 0 Å². The zero-order valence-electron chi connectivity index (χ0n) is 15.3. The van der Waals surface area contributed by atoms with Gasteiger partial charge in [0.05, 0.1) is 12.2 Å². The molecule has 1 aromatic heterocycles. The highest BCUT2D eigenvalue weighted by Crippen LogP contribution is 2.18. The summed E-state index contributed by atoms with van der Waals surface area (Å²) in [5.74, 6) is 1.61. The van der Waals surface area contributed by atoms with E-state index in [1.807, 2.05) is 20.9 Å². The molecule has 7 nitrogen and oxygen atoms in total. The number of carbonyl (C=O) groups excluding carboxylic acids is 2. The van der Waals surface area contributed by atoms with Crippen molar-refractivity contribution in [3.05, 3.63) is 17.3 Å². The lowest BCUT2D eigenvalue weighted by molar-refractivity contribution is -0.146. The molecule has 24 heavy (non-hydrogen) atoms. The molecule has 2 heterocycles. The van der Waals surface area contributed by atoms with Crippen molar-refractivity contribution in [3.63, 3.8) is 0 Å². The second kappa shape index (κ2) is 7.79. The summed E-state index contributed by atoms with van der Waals surface area (Å²) in [5.41, 5.74) is 0.908. The van der Waals surface area contributed by atoms with Crippen LogP contribution in [-0.2, 0) is 16.1 Å². The number of rotatable bonds is 6. The minimum Gasteiger partial charge on any atom is -0.444 e. The minimum absolute atomic E-state index is 0.0191. The predicted molar refractivity (Wildman–Crippen MR) is 90.4 cm³/mol. The Morgan fingerprint density at radius 3 is 2.67 bits per heavy atom. The minimum atomic E-state index is -0.319. The Balaban J connectivity index is 1.83. The standard InChI is InChI=1S/C17H28N4O3/c1-12-15(24-13(2)18-12)11-19(3)9-10-20(4)17(23)14-7-6-8-16(22)21(14)5/h14H,6-11H2,1-5H3. The molecule has 0 radical (unpaired) electrons. The molecule has 7 heteroatoms. The fraction of sp³-hybridized carbons (Fsp3) is 0.706. The molecule has 0 aliphatic carbocycles. The van der Waals surface area contributed by atoms with Gasteiger partial charge in [0.25, 0.3) is 0 Å². The van der Waals surface area contributed by atoms with Crippen molar-refractivity contribution < 1.29 is 14.0 Å². The first-order valence-corrected chi connectivity index (χ1v) is 8.41. The summed E-state index contributed by atoms with van der Waals surface area (Å²) in [6.45, 7) is 5.78. The van der Waals surface area contributed by atoms with E-state index >= 15 is 0 Å². The maximum Gasteiger partial charge on any atom is 0.245 e. The summed E-state index contributed by atoms with van der Waals surface area (Å²) in [6, 6.07) is -0.319. The molecular weight excluding hydrogens is 308 g/mol. The second-order valence-electron chi connectivity index (χ2n) is 6.65. The number of piperidine rings is 1. The molecule has 0 saturated carbocycles. The van der Waals surface area contributed by atoms with Gasteiger partial charge in [0.1, 0.15) is 11.8 Å². The van der Waals surface area contributed by atoms with Crippen molar-refractivity contribution in [2.75, 3.05) is 34.2 Å². The number of likely N-dealkylation sites (tertiary alicyclic amines) is 1. The number of nitrogens with zero attached hydrogens (tertiary/aromatic N) is 4. The maximum atomic E-state index is 12.6. The van der Waals surface area contributed by atoms with Crippen LogP contribution >= 0.6 is 0 Å². The lowest BCUT2D eigenvalue weighted by Gasteiger charge is -2.34. The Bertz CT molecular complexity index is 599. The highest BCUT2D eigenvalue weighted by molar-refractivity contribution is 5.88. The van der Waals surface area contributed by atoms with Crippen molar-refractivity contribution >= 4 is 11.8 Å². The van der Waals surface area contributed by atoms with Crippen LogP contribution in [0.4, 0.5) is 0 Å². The Labute approximate surface area is 143 Å². The number of likely N-dealkylation sites (N-methyl/N-ethyl adjacent to an activating group) is 3. The van der Waals surface area contributed by atoms with Gasteiger partial charge in [-0.15, -0.1) is 0 Å². The fourth-order valence-corrected chi connectivity index (χ4v) is 3.01. The number of carbonyl (C=O) groups is 2. The summed E-state index contributed by atoms with van der Waals surface area (Å²) in [7, 11) is 5.51. The molecule has 134 valence electrons. The van der Waals surface area contributed by atoms with Crippen LogP contribution in [0.2, 0.25) is 0 Å². The zero-order chi connectivity index (χ0) is 17.9. The monoisotopic (exact) mass is 336 g/mol. The van der Waals surface area contributed by atoms with Crippen molar-refractivity contribution in [1.82, 2.24) is 19.7 Å². The van der Waals surface area contributed by atoms with Gasteiger partial charge in [-0.3, -0.25) is 14.5 Å². The third-order valence-electron chi connectivity index (χ3n) is 4.62. The number of hydrogen-bond donors (Lipinski definition) is 0. The second-order valence-corrected chi connectivity index (χ2v) is 6.65. The SMILES string of the molecule is Cc1nc(C)c(CN(C)CCN(C)C(=O)C2CCCC(=O)N2C)o1. The molecule has 1 atom stereocenters. The summed E-state index contributed by atoms with van der Waals surface area (Å²) >= 11 is 0. The van der Waals surface area contributed by atoms with Gasteiger partial charge in [-0.2, -0.15) is 0 Å². The van der Waals surface area contributed by atoms with Gasteiger partial charge in [0, 0.05) is 40.5 Å². The molecular formula is C17H28N4O3. The molecule has 2 amide bonds. The first kappa shape index (κ1) is 18.4. The van der Waals surface area contributed by atoms with Gasteiger partial charge >= 0.3 is 0 Å². The van der Waals surface area contributed by atoms with Crippen molar-refractivity contribution in [2.45, 2.75) is 45.7 Å². The van der Waals surface area contributed by atoms with Crippen LogP contribution < -0.4 is 0 Å². The first-order valence-electron chi connectivity index (χ1n) is 8.41. The van der Waals surface area contributed by atoms with Crippen LogP contribution in [0.5, 0.6) is 0 Å². The van der Waals surface area contributed by atoms with E-state index in [0.717, 1.165) is 30.8 Å². The lowest BCUT2D eigenvalue weighted by Crippen LogP contribution is -2.51. The van der Waals surface area contributed by atoms with Gasteiger partial charge in [-0.25, -0.2) is 4.98 Å². The molecule has 1 saturated heterocycles. The van der Waals surface area contributed by atoms with Crippen LogP contribution in [-0.4, -0.2) is 71.8 Å². The van der Waals surface area contributed by atoms with E-state index in [9.17, 15) is 9.59 Å². The summed E-state index contributed by atoms with van der Waals surface area (Å²) < 4.78 is 5.58. The van der Waals surface area contributed by atoms with Crippen molar-refractivity contribution in [2.24, 2.45) is 0 Å². The maximum absolute atomic E-state index is 12.6. The van der Waals surface area contributed by atoms with E-state index in [2.05, 4.69) is 9.88 Å². The number of oxazole rings is 1. The van der Waals surface area contributed by atoms with Crippen LogP contribution in [0, 0.1) is 13.8 Å². The van der Waals surface area contributed by atoms with E-state index in [-0.39, 0.29) is 17.9 Å². The van der Waals surface area contributed by atoms with E-state index in [1.54, 1.807) is 23.9 Å². The normalized spacial score (nSPS) is 18.3. The van der Waals surface area contributed by atoms with Gasteiger partial charge in [0.2, 0.25) is 11.8 Å². The highest BCUT2D eigenvalue weighted by atomic mass is 16.4. The fourth-order valence-electron chi connectivity index (χ4n) is 3.01. The van der Waals surface area contributed by atoms with Gasteiger partial charge < -0.3 is 14.2 Å². The van der Waals surface area contributed by atoms with Crippen LogP contribution in [0.3, 0.4) is 0 Å². The summed E-state index contributed by atoms with van der Waals surface area (Å²) in [6.07, 6.45) is 2.08. The molecule has 1 fully saturated rings. The predicted octanol–water partition coefficient (Wildman–Crippen LogP) is 1.19.